The van der Waals surface area contributed by atoms with Gasteiger partial charge in [-0.1, -0.05) is 20.3 Å². The van der Waals surface area contributed by atoms with Gasteiger partial charge in [0.1, 0.15) is 12.7 Å². The highest BCUT2D eigenvalue weighted by Crippen LogP contribution is 2.12. The molecule has 0 saturated carbocycles. The zero-order chi connectivity index (χ0) is 14.0. The number of carbonyl (C=O) groups is 2. The van der Waals surface area contributed by atoms with Crippen molar-refractivity contribution < 1.29 is 19.1 Å². The lowest BCUT2D eigenvalue weighted by atomic mass is 10.0. The van der Waals surface area contributed by atoms with Crippen LogP contribution in [0.2, 0.25) is 0 Å². The molecule has 2 atom stereocenters. The highest BCUT2D eigenvalue weighted by Gasteiger charge is 2.17. The van der Waals surface area contributed by atoms with Crippen molar-refractivity contribution in [3.8, 4) is 0 Å². The first kappa shape index (κ1) is 16.9. The van der Waals surface area contributed by atoms with E-state index < -0.39 is 6.10 Å². The van der Waals surface area contributed by atoms with Crippen molar-refractivity contribution in [1.82, 2.24) is 5.32 Å². The van der Waals surface area contributed by atoms with Crippen LogP contribution in [-0.4, -0.2) is 38.2 Å². The summed E-state index contributed by atoms with van der Waals surface area (Å²) >= 11 is 0. The molecule has 106 valence electrons. The summed E-state index contributed by atoms with van der Waals surface area (Å²) in [5, 5.41) is 2.64. The smallest absolute Gasteiger partial charge is 0.308 e. The summed E-state index contributed by atoms with van der Waals surface area (Å²) in [6.45, 7) is 6.21. The first-order valence-corrected chi connectivity index (χ1v) is 6.53. The number of methoxy groups -OCH3 is 1. The van der Waals surface area contributed by atoms with Crippen LogP contribution in [0.4, 0.5) is 0 Å². The van der Waals surface area contributed by atoms with Crippen molar-refractivity contribution in [3.63, 3.8) is 0 Å². The average molecular weight is 259 g/mol. The van der Waals surface area contributed by atoms with Gasteiger partial charge in [0.15, 0.2) is 0 Å². The number of rotatable bonds is 9. The zero-order valence-corrected chi connectivity index (χ0v) is 11.8. The van der Waals surface area contributed by atoms with E-state index in [1.54, 1.807) is 6.92 Å². The second-order valence-corrected chi connectivity index (χ2v) is 4.23. The van der Waals surface area contributed by atoms with Gasteiger partial charge in [0.25, 0.3) is 0 Å². The Kier molecular flexibility index (Phi) is 9.28. The largest absolute Gasteiger partial charge is 0.464 e. The Morgan fingerprint density at radius 3 is 2.44 bits per heavy atom. The van der Waals surface area contributed by atoms with Gasteiger partial charge in [0.05, 0.1) is 12.5 Å². The van der Waals surface area contributed by atoms with Crippen LogP contribution in [0.1, 0.15) is 40.0 Å². The third-order valence-electron chi connectivity index (χ3n) is 2.83. The lowest BCUT2D eigenvalue weighted by molar-refractivity contribution is -0.149. The van der Waals surface area contributed by atoms with Crippen molar-refractivity contribution in [2.24, 2.45) is 5.92 Å². The second kappa shape index (κ2) is 9.88. The third kappa shape index (κ3) is 6.59. The Bertz CT molecular complexity index is 255. The molecule has 18 heavy (non-hydrogen) atoms. The summed E-state index contributed by atoms with van der Waals surface area (Å²) in [6, 6.07) is 0. The molecule has 2 unspecified atom stereocenters. The normalized spacial score (nSPS) is 13.8. The summed E-state index contributed by atoms with van der Waals surface area (Å²) in [5.41, 5.74) is 0. The second-order valence-electron chi connectivity index (χ2n) is 4.23. The standard InChI is InChI=1S/C13H25NO4/c1-5-7-11(6-2)13(16)18-9-8-14-12(15)10(3)17-4/h10-11H,5-9H2,1-4H3,(H,14,15). The molecule has 0 bridgehead atoms. The molecule has 0 aromatic heterocycles. The van der Waals surface area contributed by atoms with Gasteiger partial charge in [0, 0.05) is 7.11 Å². The fourth-order valence-electron chi connectivity index (χ4n) is 1.53. The molecule has 0 fully saturated rings. The van der Waals surface area contributed by atoms with Crippen LogP contribution in [-0.2, 0) is 19.1 Å². The molecule has 0 aliphatic heterocycles. The van der Waals surface area contributed by atoms with Gasteiger partial charge < -0.3 is 14.8 Å². The molecular formula is C13H25NO4. The molecule has 0 heterocycles. The summed E-state index contributed by atoms with van der Waals surface area (Å²) in [6.07, 6.45) is 2.13. The van der Waals surface area contributed by atoms with Crippen LogP contribution < -0.4 is 5.32 Å². The molecule has 0 rings (SSSR count). The van der Waals surface area contributed by atoms with Gasteiger partial charge in [-0.3, -0.25) is 9.59 Å². The highest BCUT2D eigenvalue weighted by atomic mass is 16.5. The predicted molar refractivity (Wildman–Crippen MR) is 69.1 cm³/mol. The average Bonchev–Trinajstić information content (AvgIpc) is 2.39. The van der Waals surface area contributed by atoms with Crippen molar-refractivity contribution in [2.75, 3.05) is 20.3 Å². The highest BCUT2D eigenvalue weighted by molar-refractivity contribution is 5.80. The van der Waals surface area contributed by atoms with Gasteiger partial charge in [-0.15, -0.1) is 0 Å². The number of esters is 1. The van der Waals surface area contributed by atoms with Gasteiger partial charge in [0.2, 0.25) is 5.91 Å². The topological polar surface area (TPSA) is 64.6 Å². The maximum atomic E-state index is 11.6. The number of ether oxygens (including phenoxy) is 2. The Hall–Kier alpha value is -1.10. The maximum absolute atomic E-state index is 11.6. The van der Waals surface area contributed by atoms with E-state index in [0.29, 0.717) is 6.54 Å². The number of amides is 1. The van der Waals surface area contributed by atoms with Gasteiger partial charge in [-0.05, 0) is 19.8 Å². The third-order valence-corrected chi connectivity index (χ3v) is 2.83. The van der Waals surface area contributed by atoms with Crippen LogP contribution in [0, 0.1) is 5.92 Å². The summed E-state index contributed by atoms with van der Waals surface area (Å²) in [7, 11) is 1.47. The molecule has 0 aliphatic carbocycles. The number of carbonyl (C=O) groups excluding carboxylic acids is 2. The Morgan fingerprint density at radius 1 is 1.28 bits per heavy atom. The zero-order valence-electron chi connectivity index (χ0n) is 11.8. The van der Waals surface area contributed by atoms with E-state index in [4.69, 9.17) is 9.47 Å². The molecular weight excluding hydrogens is 234 g/mol. The molecule has 0 aliphatic rings. The van der Waals surface area contributed by atoms with Crippen LogP contribution in [0.25, 0.3) is 0 Å². The summed E-state index contributed by atoms with van der Waals surface area (Å²) in [5.74, 6) is -0.397. The maximum Gasteiger partial charge on any atom is 0.308 e. The molecule has 0 saturated heterocycles. The molecule has 5 nitrogen and oxygen atoms in total. The van der Waals surface area contributed by atoms with Crippen molar-refractivity contribution in [3.05, 3.63) is 0 Å². The fourth-order valence-corrected chi connectivity index (χ4v) is 1.53. The van der Waals surface area contributed by atoms with Gasteiger partial charge >= 0.3 is 5.97 Å². The van der Waals surface area contributed by atoms with E-state index in [-0.39, 0.29) is 24.4 Å². The molecule has 1 amide bonds. The molecule has 5 heteroatoms. The lowest BCUT2D eigenvalue weighted by Gasteiger charge is -2.14. The quantitative estimate of drug-likeness (QED) is 0.503. The van der Waals surface area contributed by atoms with Crippen LogP contribution in [0.3, 0.4) is 0 Å². The SMILES string of the molecule is CCCC(CC)C(=O)OCCNC(=O)C(C)OC. The predicted octanol–water partition coefficient (Wildman–Crippen LogP) is 1.51. The van der Waals surface area contributed by atoms with E-state index in [0.717, 1.165) is 19.3 Å². The Morgan fingerprint density at radius 2 is 1.94 bits per heavy atom. The van der Waals surface area contributed by atoms with Crippen molar-refractivity contribution in [1.29, 1.82) is 0 Å². The van der Waals surface area contributed by atoms with E-state index >= 15 is 0 Å². The molecule has 0 aromatic carbocycles. The van der Waals surface area contributed by atoms with Gasteiger partial charge in [-0.25, -0.2) is 0 Å². The monoisotopic (exact) mass is 259 g/mol. The first-order chi connectivity index (χ1) is 8.56. The van der Waals surface area contributed by atoms with E-state index in [1.165, 1.54) is 7.11 Å². The van der Waals surface area contributed by atoms with Crippen LogP contribution >= 0.6 is 0 Å². The van der Waals surface area contributed by atoms with E-state index in [2.05, 4.69) is 5.32 Å². The van der Waals surface area contributed by atoms with Crippen molar-refractivity contribution in [2.45, 2.75) is 46.1 Å². The minimum atomic E-state index is -0.482. The van der Waals surface area contributed by atoms with Crippen LogP contribution in [0.5, 0.6) is 0 Å². The fraction of sp³-hybridized carbons (Fsp3) is 0.846. The summed E-state index contributed by atoms with van der Waals surface area (Å²) < 4.78 is 9.97. The number of hydrogen-bond donors (Lipinski definition) is 1. The van der Waals surface area contributed by atoms with Crippen LogP contribution in [0.15, 0.2) is 0 Å². The minimum Gasteiger partial charge on any atom is -0.464 e. The molecule has 0 radical (unpaired) electrons. The van der Waals surface area contributed by atoms with Crippen molar-refractivity contribution >= 4 is 11.9 Å². The molecule has 0 spiro atoms. The molecule has 1 N–H and O–H groups in total. The summed E-state index contributed by atoms with van der Waals surface area (Å²) in [4.78, 5) is 23.0. The van der Waals surface area contributed by atoms with E-state index in [9.17, 15) is 9.59 Å². The first-order valence-electron chi connectivity index (χ1n) is 6.53. The van der Waals surface area contributed by atoms with E-state index in [1.807, 2.05) is 13.8 Å². The minimum absolute atomic E-state index is 0.0244. The van der Waals surface area contributed by atoms with Gasteiger partial charge in [-0.2, -0.15) is 0 Å². The Balaban J connectivity index is 3.77. The Labute approximate surface area is 109 Å². The number of hydrogen-bond acceptors (Lipinski definition) is 4. The lowest BCUT2D eigenvalue weighted by Crippen LogP contribution is -2.36. The molecule has 0 aromatic rings. The number of nitrogens with one attached hydrogen (secondary N) is 1.